The van der Waals surface area contributed by atoms with Gasteiger partial charge >= 0.3 is 11.7 Å². The number of carbonyl (C=O) groups excluding carboxylic acids is 1. The molecule has 10 nitrogen and oxygen atoms in total. The van der Waals surface area contributed by atoms with Gasteiger partial charge in [0.25, 0.3) is 0 Å². The van der Waals surface area contributed by atoms with Gasteiger partial charge in [-0.2, -0.15) is 9.36 Å². The summed E-state index contributed by atoms with van der Waals surface area (Å²) in [5.74, 6) is 0.594. The molecule has 10 heteroatoms. The normalized spacial score (nSPS) is 10.6. The molecule has 0 bridgehead atoms. The number of ether oxygens (including phenoxy) is 2. The smallest absolute Gasteiger partial charge is 0.368 e. The lowest BCUT2D eigenvalue weighted by Crippen LogP contribution is -2.25. The monoisotopic (exact) mass is 398 g/mol. The van der Waals surface area contributed by atoms with E-state index in [2.05, 4.69) is 21.1 Å². The molecular weight excluding hydrogens is 376 g/mol. The molecule has 0 aliphatic rings. The van der Waals surface area contributed by atoms with Crippen LogP contribution in [0.2, 0.25) is 0 Å². The van der Waals surface area contributed by atoms with E-state index >= 15 is 0 Å². The number of carbonyl (C=O) groups is 1. The van der Waals surface area contributed by atoms with Crippen LogP contribution in [-0.4, -0.2) is 46.1 Å². The van der Waals surface area contributed by atoms with Gasteiger partial charge in [-0.15, -0.1) is 0 Å². The lowest BCUT2D eigenvalue weighted by Gasteiger charge is -2.12. The number of amides is 2. The number of aromatic nitrogens is 4. The third-order valence-corrected chi connectivity index (χ3v) is 3.95. The van der Waals surface area contributed by atoms with Crippen molar-refractivity contribution >= 4 is 17.4 Å². The van der Waals surface area contributed by atoms with Crippen LogP contribution in [0.1, 0.15) is 6.92 Å². The van der Waals surface area contributed by atoms with Crippen LogP contribution in [0, 0.1) is 0 Å². The minimum absolute atomic E-state index is 0.318. The maximum absolute atomic E-state index is 12.3. The van der Waals surface area contributed by atoms with Gasteiger partial charge in [-0.05, 0) is 53.7 Å². The van der Waals surface area contributed by atoms with Crippen LogP contribution in [0.4, 0.5) is 16.2 Å². The first-order valence-corrected chi connectivity index (χ1v) is 9.04. The average molecular weight is 398 g/mol. The summed E-state index contributed by atoms with van der Waals surface area (Å²) in [6.45, 7) is 3.05. The number of rotatable bonds is 8. The second-order valence-electron chi connectivity index (χ2n) is 5.94. The van der Waals surface area contributed by atoms with E-state index in [-0.39, 0.29) is 5.69 Å². The maximum Gasteiger partial charge on any atom is 0.368 e. The molecule has 0 radical (unpaired) electrons. The fraction of sp³-hybridized carbons (Fsp3) is 0.263. The number of para-hydroxylation sites is 2. The van der Waals surface area contributed by atoms with Crippen molar-refractivity contribution in [1.82, 2.24) is 19.8 Å². The highest BCUT2D eigenvalue weighted by atomic mass is 16.5. The number of nitrogens with zero attached hydrogens (tertiary/aromatic N) is 4. The van der Waals surface area contributed by atoms with Crippen molar-refractivity contribution in [2.75, 3.05) is 31.0 Å². The zero-order chi connectivity index (χ0) is 20.6. The zero-order valence-electron chi connectivity index (χ0n) is 16.2. The average Bonchev–Trinajstić information content (AvgIpc) is 3.09. The van der Waals surface area contributed by atoms with E-state index in [1.165, 1.54) is 9.36 Å². The second-order valence-corrected chi connectivity index (χ2v) is 5.94. The van der Waals surface area contributed by atoms with Crippen molar-refractivity contribution in [1.29, 1.82) is 0 Å². The molecule has 0 aliphatic carbocycles. The Morgan fingerprint density at radius 3 is 2.55 bits per heavy atom. The van der Waals surface area contributed by atoms with Gasteiger partial charge in [0.2, 0.25) is 0 Å². The number of tetrazole rings is 1. The molecular formula is C19H22N6O4. The van der Waals surface area contributed by atoms with Crippen LogP contribution in [0.15, 0.2) is 53.3 Å². The van der Waals surface area contributed by atoms with Crippen LogP contribution in [0.3, 0.4) is 0 Å². The molecule has 0 saturated heterocycles. The van der Waals surface area contributed by atoms with E-state index < -0.39 is 6.03 Å². The van der Waals surface area contributed by atoms with Crippen molar-refractivity contribution < 1.29 is 14.3 Å². The van der Waals surface area contributed by atoms with Crippen LogP contribution in [0.5, 0.6) is 5.75 Å². The first-order valence-electron chi connectivity index (χ1n) is 9.04. The molecule has 3 aromatic rings. The van der Waals surface area contributed by atoms with Gasteiger partial charge in [0.1, 0.15) is 5.75 Å². The minimum Gasteiger partial charge on any atom is -0.492 e. The highest BCUT2D eigenvalue weighted by Gasteiger charge is 2.10. The summed E-state index contributed by atoms with van der Waals surface area (Å²) in [4.78, 5) is 24.6. The molecule has 2 N–H and O–H groups in total. The highest BCUT2D eigenvalue weighted by molar-refractivity contribution is 6.00. The Morgan fingerprint density at radius 1 is 1.07 bits per heavy atom. The molecule has 2 amide bonds. The third-order valence-electron chi connectivity index (χ3n) is 3.95. The van der Waals surface area contributed by atoms with Crippen molar-refractivity contribution in [2.24, 2.45) is 0 Å². The maximum atomic E-state index is 12.3. The molecule has 0 unspecified atom stereocenters. The molecule has 2 aromatic carbocycles. The molecule has 29 heavy (non-hydrogen) atoms. The Morgan fingerprint density at radius 2 is 1.83 bits per heavy atom. The molecule has 0 spiro atoms. The summed E-state index contributed by atoms with van der Waals surface area (Å²) in [5, 5.41) is 13.2. The number of nitrogens with one attached hydrogen (secondary N) is 2. The predicted molar refractivity (Wildman–Crippen MR) is 108 cm³/mol. The quantitative estimate of drug-likeness (QED) is 0.601. The van der Waals surface area contributed by atoms with Gasteiger partial charge in [0.15, 0.2) is 0 Å². The Bertz CT molecular complexity index is 1010. The molecule has 152 valence electrons. The van der Waals surface area contributed by atoms with Crippen LogP contribution >= 0.6 is 0 Å². The minimum atomic E-state index is -0.410. The largest absolute Gasteiger partial charge is 0.492 e. The van der Waals surface area contributed by atoms with E-state index in [0.29, 0.717) is 42.6 Å². The number of hydrogen-bond acceptors (Lipinski definition) is 6. The Kier molecular flexibility index (Phi) is 6.59. The first kappa shape index (κ1) is 20.1. The molecule has 0 fully saturated rings. The molecule has 1 aromatic heterocycles. The number of methoxy groups -OCH3 is 1. The topological polar surface area (TPSA) is 112 Å². The third kappa shape index (κ3) is 4.99. The van der Waals surface area contributed by atoms with Gasteiger partial charge in [-0.1, -0.05) is 12.1 Å². The second kappa shape index (κ2) is 9.51. The van der Waals surface area contributed by atoms with Gasteiger partial charge in [-0.3, -0.25) is 0 Å². The van der Waals surface area contributed by atoms with Crippen LogP contribution in [0.25, 0.3) is 5.69 Å². The standard InChI is InChI=1S/C19H22N6O4/c1-3-29-17-7-5-4-6-16(17)21-18(26)20-14-8-10-15(11-9-14)25-19(27)24(22-23-25)12-13-28-2/h4-11H,3,12-13H2,1-2H3,(H2,20,21,26). The number of urea groups is 1. The number of anilines is 2. The van der Waals surface area contributed by atoms with Crippen LogP contribution in [-0.2, 0) is 11.3 Å². The number of benzene rings is 2. The van der Waals surface area contributed by atoms with Gasteiger partial charge in [0, 0.05) is 12.8 Å². The fourth-order valence-electron chi connectivity index (χ4n) is 2.58. The number of hydrogen-bond donors (Lipinski definition) is 2. The lowest BCUT2D eigenvalue weighted by atomic mass is 10.3. The van der Waals surface area contributed by atoms with E-state index in [1.807, 2.05) is 19.1 Å². The summed E-state index contributed by atoms with van der Waals surface area (Å²) >= 11 is 0. The van der Waals surface area contributed by atoms with E-state index in [4.69, 9.17) is 9.47 Å². The molecule has 1 heterocycles. The molecule has 0 atom stereocenters. The summed E-state index contributed by atoms with van der Waals surface area (Å²) in [5.41, 5.74) is 1.29. The Balaban J connectivity index is 1.66. The summed E-state index contributed by atoms with van der Waals surface area (Å²) < 4.78 is 12.8. The van der Waals surface area contributed by atoms with Gasteiger partial charge < -0.3 is 20.1 Å². The van der Waals surface area contributed by atoms with E-state index in [9.17, 15) is 9.59 Å². The predicted octanol–water partition coefficient (Wildman–Crippen LogP) is 2.12. The van der Waals surface area contributed by atoms with E-state index in [0.717, 1.165) is 0 Å². The van der Waals surface area contributed by atoms with Gasteiger partial charge in [-0.25, -0.2) is 9.59 Å². The fourth-order valence-corrected chi connectivity index (χ4v) is 2.58. The van der Waals surface area contributed by atoms with E-state index in [1.54, 1.807) is 43.5 Å². The summed E-state index contributed by atoms with van der Waals surface area (Å²) in [6, 6.07) is 13.4. The lowest BCUT2D eigenvalue weighted by molar-refractivity contribution is 0.181. The molecule has 0 saturated carbocycles. The van der Waals surface area contributed by atoms with Crippen molar-refractivity contribution in [3.05, 3.63) is 59.0 Å². The first-order chi connectivity index (χ1) is 14.1. The van der Waals surface area contributed by atoms with Crippen molar-refractivity contribution in [3.8, 4) is 11.4 Å². The molecule has 3 rings (SSSR count). The summed E-state index contributed by atoms with van der Waals surface area (Å²) in [7, 11) is 1.55. The van der Waals surface area contributed by atoms with Gasteiger partial charge in [0.05, 0.1) is 31.1 Å². The highest BCUT2D eigenvalue weighted by Crippen LogP contribution is 2.23. The zero-order valence-corrected chi connectivity index (χ0v) is 16.2. The van der Waals surface area contributed by atoms with Crippen molar-refractivity contribution in [2.45, 2.75) is 13.5 Å². The summed E-state index contributed by atoms with van der Waals surface area (Å²) in [6.07, 6.45) is 0. The molecule has 0 aliphatic heterocycles. The van der Waals surface area contributed by atoms with Crippen molar-refractivity contribution in [3.63, 3.8) is 0 Å². The Labute approximate surface area is 167 Å². The van der Waals surface area contributed by atoms with Crippen LogP contribution < -0.4 is 21.1 Å². The Hall–Kier alpha value is -3.66. The SMILES string of the molecule is CCOc1ccccc1NC(=O)Nc1ccc(-n2nnn(CCOC)c2=O)cc1.